The number of nitrogens with zero attached hydrogens (tertiary/aromatic N) is 3. The summed E-state index contributed by atoms with van der Waals surface area (Å²) in [6, 6.07) is 21.6. The van der Waals surface area contributed by atoms with E-state index >= 15 is 0 Å². The maximum atomic E-state index is 13.3. The lowest BCUT2D eigenvalue weighted by atomic mass is 9.90. The number of nitrogens with one attached hydrogen (secondary N) is 1. The number of hydrogen-bond acceptors (Lipinski definition) is 5. The highest BCUT2D eigenvalue weighted by Crippen LogP contribution is 2.37. The number of pyridine rings is 1. The molecule has 0 atom stereocenters. The molecule has 1 N–H and O–H groups in total. The van der Waals surface area contributed by atoms with Gasteiger partial charge >= 0.3 is 11.8 Å². The van der Waals surface area contributed by atoms with E-state index in [1.54, 1.807) is 35.6 Å². The van der Waals surface area contributed by atoms with E-state index in [4.69, 9.17) is 9.40 Å². The van der Waals surface area contributed by atoms with Crippen molar-refractivity contribution < 1.29 is 9.21 Å². The van der Waals surface area contributed by atoms with Crippen LogP contribution >= 0.6 is 11.3 Å². The van der Waals surface area contributed by atoms with E-state index < -0.39 is 11.8 Å². The van der Waals surface area contributed by atoms with Gasteiger partial charge in [-0.15, -0.1) is 11.3 Å². The van der Waals surface area contributed by atoms with E-state index in [0.717, 1.165) is 47.4 Å². The van der Waals surface area contributed by atoms with Gasteiger partial charge in [0.15, 0.2) is 5.49 Å². The Morgan fingerprint density at radius 2 is 1.72 bits per heavy atom. The molecule has 178 valence electrons. The predicted octanol–water partition coefficient (Wildman–Crippen LogP) is 5.72. The summed E-state index contributed by atoms with van der Waals surface area (Å²) in [5.74, 6) is -0.652. The molecule has 0 unspecified atom stereocenters. The van der Waals surface area contributed by atoms with Crippen molar-refractivity contribution in [3.8, 4) is 16.1 Å². The van der Waals surface area contributed by atoms with Gasteiger partial charge < -0.3 is 9.73 Å². The van der Waals surface area contributed by atoms with E-state index in [0.29, 0.717) is 16.8 Å². The third kappa shape index (κ3) is 4.05. The maximum Gasteiger partial charge on any atom is 0.427 e. The monoisotopic (exact) mass is 494 g/mol. The van der Waals surface area contributed by atoms with E-state index in [1.165, 1.54) is 4.57 Å². The summed E-state index contributed by atoms with van der Waals surface area (Å²) < 4.78 is 7.15. The van der Waals surface area contributed by atoms with Crippen LogP contribution in [0.15, 0.2) is 92.4 Å². The van der Waals surface area contributed by atoms with Crippen molar-refractivity contribution >= 4 is 34.2 Å². The summed E-state index contributed by atoms with van der Waals surface area (Å²) in [4.78, 5) is 36.7. The molecule has 1 aliphatic rings. The smallest absolute Gasteiger partial charge is 0.390 e. The lowest BCUT2D eigenvalue weighted by Crippen LogP contribution is -2.34. The number of rotatable bonds is 3. The second kappa shape index (κ2) is 9.39. The number of aromatic nitrogens is 2. The summed E-state index contributed by atoms with van der Waals surface area (Å²) in [6.07, 6.45) is 3.77. The van der Waals surface area contributed by atoms with Crippen molar-refractivity contribution in [2.24, 2.45) is 4.99 Å². The highest BCUT2D eigenvalue weighted by atomic mass is 32.1. The fourth-order valence-electron chi connectivity index (χ4n) is 4.70. The molecule has 7 nitrogen and oxygen atoms in total. The zero-order valence-electron chi connectivity index (χ0n) is 19.3. The molecule has 2 aromatic carbocycles. The minimum absolute atomic E-state index is 0.197. The van der Waals surface area contributed by atoms with E-state index in [2.05, 4.69) is 10.3 Å². The zero-order valence-corrected chi connectivity index (χ0v) is 20.1. The van der Waals surface area contributed by atoms with Crippen LogP contribution < -0.4 is 16.6 Å². The van der Waals surface area contributed by atoms with Gasteiger partial charge in [0.05, 0.1) is 11.1 Å². The Hall–Kier alpha value is -4.30. The summed E-state index contributed by atoms with van der Waals surface area (Å²) in [5, 5.41) is 5.37. The first-order valence-electron chi connectivity index (χ1n) is 11.8. The molecule has 8 heteroatoms. The zero-order chi connectivity index (χ0) is 24.5. The van der Waals surface area contributed by atoms with Crippen LogP contribution in [-0.2, 0) is 12.8 Å². The SMILES string of the molecule is O=C(/N=c1\c2c(-c3cccs3)c3c(nc2oc(=O)n1-c1ccccc1)CCCC3)Nc1ccccc1. The molecule has 0 aliphatic heterocycles. The summed E-state index contributed by atoms with van der Waals surface area (Å²) in [7, 11) is 0. The average molecular weight is 495 g/mol. The van der Waals surface area contributed by atoms with Crippen molar-refractivity contribution in [3.05, 3.63) is 105 Å². The maximum absolute atomic E-state index is 13.3. The molecule has 0 radical (unpaired) electrons. The fraction of sp³-hybridized carbons (Fsp3) is 0.143. The van der Waals surface area contributed by atoms with Crippen LogP contribution in [0.5, 0.6) is 0 Å². The van der Waals surface area contributed by atoms with Crippen molar-refractivity contribution in [1.29, 1.82) is 0 Å². The predicted molar refractivity (Wildman–Crippen MR) is 141 cm³/mol. The van der Waals surface area contributed by atoms with Crippen LogP contribution in [-0.4, -0.2) is 15.6 Å². The van der Waals surface area contributed by atoms with Gasteiger partial charge in [0.2, 0.25) is 5.71 Å². The molecule has 0 fully saturated rings. The number of urea groups is 1. The molecule has 3 heterocycles. The van der Waals surface area contributed by atoms with Crippen LogP contribution in [0.3, 0.4) is 0 Å². The molecule has 0 bridgehead atoms. The molecule has 36 heavy (non-hydrogen) atoms. The van der Waals surface area contributed by atoms with Gasteiger partial charge in [0.1, 0.15) is 0 Å². The number of benzene rings is 2. The number of aryl methyl sites for hydroxylation is 1. The molecule has 5 aromatic rings. The van der Waals surface area contributed by atoms with Crippen LogP contribution in [0.4, 0.5) is 10.5 Å². The molecule has 0 saturated heterocycles. The van der Waals surface area contributed by atoms with E-state index in [1.807, 2.05) is 53.9 Å². The van der Waals surface area contributed by atoms with Crippen LogP contribution in [0.1, 0.15) is 24.1 Å². The van der Waals surface area contributed by atoms with Gasteiger partial charge in [0, 0.05) is 21.8 Å². The largest absolute Gasteiger partial charge is 0.427 e. The van der Waals surface area contributed by atoms with E-state index in [9.17, 15) is 9.59 Å². The number of fused-ring (bicyclic) bond motifs is 2. The molecular formula is C28H22N4O3S. The Kier molecular flexibility index (Phi) is 5.79. The highest BCUT2D eigenvalue weighted by Gasteiger charge is 2.24. The molecule has 0 saturated carbocycles. The number of thiophene rings is 1. The Balaban J connectivity index is 1.72. The Labute approximate surface area is 210 Å². The topological polar surface area (TPSA) is 89.5 Å². The molecule has 6 rings (SSSR count). The standard InChI is InChI=1S/C28H22N4O3S/c33-27(29-18-10-3-1-4-11-18)31-25-24-23(22-16-9-17-36-22)20-14-7-8-15-21(20)30-26(24)35-28(34)32(25)19-12-5-2-6-13-19/h1-6,9-13,16-17H,7-8,14-15H2,(H,29,33)/b31-25+. The van der Waals surface area contributed by atoms with Crippen LogP contribution in [0.25, 0.3) is 27.2 Å². The van der Waals surface area contributed by atoms with Gasteiger partial charge in [-0.1, -0.05) is 42.5 Å². The number of amides is 2. The summed E-state index contributed by atoms with van der Waals surface area (Å²) in [5.41, 5.74) is 4.56. The number of carbonyl (C=O) groups is 1. The molecule has 1 aliphatic carbocycles. The minimum atomic E-state index is -0.652. The van der Waals surface area contributed by atoms with Crippen molar-refractivity contribution in [2.75, 3.05) is 5.32 Å². The molecule has 2 amide bonds. The molecular weight excluding hydrogens is 472 g/mol. The molecule has 0 spiro atoms. The quantitative estimate of drug-likeness (QED) is 0.347. The first-order valence-corrected chi connectivity index (χ1v) is 12.7. The number of para-hydroxylation sites is 2. The number of hydrogen-bond donors (Lipinski definition) is 1. The van der Waals surface area contributed by atoms with Crippen LogP contribution in [0.2, 0.25) is 0 Å². The Morgan fingerprint density at radius 3 is 2.47 bits per heavy atom. The second-order valence-corrected chi connectivity index (χ2v) is 9.49. The van der Waals surface area contributed by atoms with Crippen molar-refractivity contribution in [3.63, 3.8) is 0 Å². The van der Waals surface area contributed by atoms with E-state index in [-0.39, 0.29) is 11.2 Å². The van der Waals surface area contributed by atoms with Gasteiger partial charge in [-0.25, -0.2) is 19.1 Å². The minimum Gasteiger partial charge on any atom is -0.390 e. The Morgan fingerprint density at radius 1 is 0.972 bits per heavy atom. The number of carbonyl (C=O) groups excluding carboxylic acids is 1. The lowest BCUT2D eigenvalue weighted by molar-refractivity contribution is 0.258. The highest BCUT2D eigenvalue weighted by molar-refractivity contribution is 7.13. The second-order valence-electron chi connectivity index (χ2n) is 8.55. The number of anilines is 1. The van der Waals surface area contributed by atoms with Crippen molar-refractivity contribution in [1.82, 2.24) is 9.55 Å². The normalized spacial score (nSPS) is 13.5. The van der Waals surface area contributed by atoms with Gasteiger partial charge in [-0.2, -0.15) is 4.99 Å². The third-order valence-electron chi connectivity index (χ3n) is 6.26. The average Bonchev–Trinajstić information content (AvgIpc) is 3.43. The summed E-state index contributed by atoms with van der Waals surface area (Å²) in [6.45, 7) is 0. The lowest BCUT2D eigenvalue weighted by Gasteiger charge is -2.20. The first-order chi connectivity index (χ1) is 17.7. The summed E-state index contributed by atoms with van der Waals surface area (Å²) >= 11 is 1.60. The first kappa shape index (κ1) is 22.2. The Bertz CT molecular complexity index is 1690. The van der Waals surface area contributed by atoms with Gasteiger partial charge in [-0.05, 0) is 67.0 Å². The van der Waals surface area contributed by atoms with Crippen molar-refractivity contribution in [2.45, 2.75) is 25.7 Å². The third-order valence-corrected chi connectivity index (χ3v) is 7.14. The van der Waals surface area contributed by atoms with Gasteiger partial charge in [0.25, 0.3) is 0 Å². The fourth-order valence-corrected chi connectivity index (χ4v) is 5.50. The van der Waals surface area contributed by atoms with Crippen LogP contribution in [0, 0.1) is 0 Å². The molecule has 3 aromatic heterocycles. The van der Waals surface area contributed by atoms with Gasteiger partial charge in [-0.3, -0.25) is 0 Å².